The molecule has 5 heteroatoms. The van der Waals surface area contributed by atoms with E-state index in [2.05, 4.69) is 11.4 Å². The van der Waals surface area contributed by atoms with Gasteiger partial charge in [0.15, 0.2) is 0 Å². The van der Waals surface area contributed by atoms with Crippen LogP contribution < -0.4 is 5.32 Å². The molecule has 1 aromatic carbocycles. The summed E-state index contributed by atoms with van der Waals surface area (Å²) in [5.41, 5.74) is 1.50. The van der Waals surface area contributed by atoms with Gasteiger partial charge in [0.05, 0.1) is 11.6 Å². The van der Waals surface area contributed by atoms with Crippen LogP contribution in [0.15, 0.2) is 24.3 Å². The Hall–Kier alpha value is -2.06. The van der Waals surface area contributed by atoms with E-state index < -0.39 is 0 Å². The SMILES string of the molecule is N#Cc1cccc(CNC(=O)N2CCC(CO)C2)c1. The maximum absolute atomic E-state index is 11.9. The van der Waals surface area contributed by atoms with Crippen molar-refractivity contribution in [3.05, 3.63) is 35.4 Å². The highest BCUT2D eigenvalue weighted by molar-refractivity contribution is 5.74. The van der Waals surface area contributed by atoms with Crippen molar-refractivity contribution in [2.24, 2.45) is 5.92 Å². The van der Waals surface area contributed by atoms with Crippen LogP contribution in [0.25, 0.3) is 0 Å². The van der Waals surface area contributed by atoms with Gasteiger partial charge in [-0.1, -0.05) is 12.1 Å². The molecule has 0 radical (unpaired) electrons. The van der Waals surface area contributed by atoms with Crippen LogP contribution in [0.2, 0.25) is 0 Å². The maximum Gasteiger partial charge on any atom is 0.317 e. The van der Waals surface area contributed by atoms with Gasteiger partial charge in [0.1, 0.15) is 0 Å². The number of hydrogen-bond donors (Lipinski definition) is 2. The molecular weight excluding hydrogens is 242 g/mol. The minimum absolute atomic E-state index is 0.113. The largest absolute Gasteiger partial charge is 0.396 e. The highest BCUT2D eigenvalue weighted by atomic mass is 16.3. The molecule has 1 fully saturated rings. The topological polar surface area (TPSA) is 76.4 Å². The molecule has 1 atom stereocenters. The molecule has 1 aromatic rings. The van der Waals surface area contributed by atoms with Gasteiger partial charge >= 0.3 is 6.03 Å². The highest BCUT2D eigenvalue weighted by Crippen LogP contribution is 2.15. The summed E-state index contributed by atoms with van der Waals surface area (Å²) in [5.74, 6) is 0.202. The number of carbonyl (C=O) groups excluding carboxylic acids is 1. The third-order valence-corrected chi connectivity index (χ3v) is 3.33. The Morgan fingerprint density at radius 2 is 2.42 bits per heavy atom. The third kappa shape index (κ3) is 3.46. The summed E-state index contributed by atoms with van der Waals surface area (Å²) >= 11 is 0. The number of urea groups is 1. The van der Waals surface area contributed by atoms with Crippen LogP contribution >= 0.6 is 0 Å². The zero-order valence-corrected chi connectivity index (χ0v) is 10.7. The average Bonchev–Trinajstić information content (AvgIpc) is 2.94. The van der Waals surface area contributed by atoms with Crippen molar-refractivity contribution in [3.63, 3.8) is 0 Å². The second-order valence-corrected chi connectivity index (χ2v) is 4.75. The van der Waals surface area contributed by atoms with Crippen LogP contribution in [0.3, 0.4) is 0 Å². The van der Waals surface area contributed by atoms with Crippen molar-refractivity contribution in [3.8, 4) is 6.07 Å². The lowest BCUT2D eigenvalue weighted by molar-refractivity contribution is 0.198. The number of nitrogens with zero attached hydrogens (tertiary/aromatic N) is 2. The molecule has 1 heterocycles. The van der Waals surface area contributed by atoms with Gasteiger partial charge in [0.2, 0.25) is 0 Å². The fourth-order valence-corrected chi connectivity index (χ4v) is 2.21. The Kier molecular flexibility index (Phi) is 4.37. The van der Waals surface area contributed by atoms with E-state index in [0.717, 1.165) is 12.0 Å². The molecule has 100 valence electrons. The van der Waals surface area contributed by atoms with Crippen LogP contribution in [0.5, 0.6) is 0 Å². The Labute approximate surface area is 112 Å². The van der Waals surface area contributed by atoms with E-state index in [-0.39, 0.29) is 18.6 Å². The molecule has 1 aliphatic rings. The van der Waals surface area contributed by atoms with Crippen LogP contribution in [-0.2, 0) is 6.54 Å². The smallest absolute Gasteiger partial charge is 0.317 e. The van der Waals surface area contributed by atoms with E-state index in [1.165, 1.54) is 0 Å². The predicted octanol–water partition coefficient (Wildman–Crippen LogP) is 1.08. The molecule has 0 aromatic heterocycles. The number of nitriles is 1. The number of rotatable bonds is 3. The van der Waals surface area contributed by atoms with E-state index in [0.29, 0.717) is 25.2 Å². The fraction of sp³-hybridized carbons (Fsp3) is 0.429. The molecule has 0 aliphatic carbocycles. The molecule has 2 rings (SSSR count). The summed E-state index contributed by atoms with van der Waals surface area (Å²) in [6, 6.07) is 9.14. The third-order valence-electron chi connectivity index (χ3n) is 3.33. The van der Waals surface area contributed by atoms with Gasteiger partial charge in [0, 0.05) is 32.2 Å². The molecule has 2 amide bonds. The van der Waals surface area contributed by atoms with E-state index in [1.54, 1.807) is 23.1 Å². The van der Waals surface area contributed by atoms with E-state index in [4.69, 9.17) is 10.4 Å². The number of nitrogens with one attached hydrogen (secondary N) is 1. The minimum Gasteiger partial charge on any atom is -0.396 e. The molecule has 0 spiro atoms. The Balaban J connectivity index is 1.85. The average molecular weight is 259 g/mol. The zero-order chi connectivity index (χ0) is 13.7. The summed E-state index contributed by atoms with van der Waals surface area (Å²) in [7, 11) is 0. The fourth-order valence-electron chi connectivity index (χ4n) is 2.21. The lowest BCUT2D eigenvalue weighted by atomic mass is 10.1. The number of hydrogen-bond acceptors (Lipinski definition) is 3. The lowest BCUT2D eigenvalue weighted by Crippen LogP contribution is -2.38. The number of amides is 2. The quantitative estimate of drug-likeness (QED) is 0.852. The van der Waals surface area contributed by atoms with Crippen molar-refractivity contribution in [2.75, 3.05) is 19.7 Å². The lowest BCUT2D eigenvalue weighted by Gasteiger charge is -2.17. The standard InChI is InChI=1S/C14H17N3O2/c15-7-11-2-1-3-12(6-11)8-16-14(19)17-5-4-13(9-17)10-18/h1-3,6,13,18H,4-5,8-10H2,(H,16,19). The predicted molar refractivity (Wildman–Crippen MR) is 70.2 cm³/mol. The van der Waals surface area contributed by atoms with Crippen molar-refractivity contribution in [1.29, 1.82) is 5.26 Å². The molecule has 1 saturated heterocycles. The Bertz CT molecular complexity index is 496. The number of aliphatic hydroxyl groups is 1. The van der Waals surface area contributed by atoms with E-state index in [1.807, 2.05) is 6.07 Å². The summed E-state index contributed by atoms with van der Waals surface area (Å²) < 4.78 is 0. The molecule has 19 heavy (non-hydrogen) atoms. The van der Waals surface area contributed by atoms with Gasteiger partial charge in [0.25, 0.3) is 0 Å². The van der Waals surface area contributed by atoms with Gasteiger partial charge < -0.3 is 15.3 Å². The molecule has 0 bridgehead atoms. The van der Waals surface area contributed by atoms with Crippen molar-refractivity contribution in [2.45, 2.75) is 13.0 Å². The number of likely N-dealkylation sites (tertiary alicyclic amines) is 1. The first kappa shape index (κ1) is 13.4. The monoisotopic (exact) mass is 259 g/mol. The second-order valence-electron chi connectivity index (χ2n) is 4.75. The van der Waals surface area contributed by atoms with Gasteiger partial charge in [-0.05, 0) is 24.1 Å². The van der Waals surface area contributed by atoms with Crippen LogP contribution in [0.1, 0.15) is 17.5 Å². The first-order chi connectivity index (χ1) is 9.22. The number of benzene rings is 1. The molecule has 0 saturated carbocycles. The van der Waals surface area contributed by atoms with Crippen LogP contribution in [0.4, 0.5) is 4.79 Å². The Morgan fingerprint density at radius 3 is 3.11 bits per heavy atom. The van der Waals surface area contributed by atoms with E-state index >= 15 is 0 Å². The van der Waals surface area contributed by atoms with Gasteiger partial charge in [-0.3, -0.25) is 0 Å². The number of carbonyl (C=O) groups is 1. The summed E-state index contributed by atoms with van der Waals surface area (Å²) in [6.45, 7) is 1.85. The maximum atomic E-state index is 11.9. The van der Waals surface area contributed by atoms with Crippen LogP contribution in [0, 0.1) is 17.2 Å². The van der Waals surface area contributed by atoms with E-state index in [9.17, 15) is 4.79 Å². The molecule has 5 nitrogen and oxygen atoms in total. The van der Waals surface area contributed by atoms with Crippen molar-refractivity contribution < 1.29 is 9.90 Å². The molecule has 2 N–H and O–H groups in total. The number of aliphatic hydroxyl groups excluding tert-OH is 1. The molecule has 1 aliphatic heterocycles. The first-order valence-electron chi connectivity index (χ1n) is 6.35. The zero-order valence-electron chi connectivity index (χ0n) is 10.7. The highest BCUT2D eigenvalue weighted by Gasteiger charge is 2.25. The van der Waals surface area contributed by atoms with Crippen molar-refractivity contribution >= 4 is 6.03 Å². The van der Waals surface area contributed by atoms with Gasteiger partial charge in [-0.15, -0.1) is 0 Å². The second kappa shape index (κ2) is 6.21. The first-order valence-corrected chi connectivity index (χ1v) is 6.35. The van der Waals surface area contributed by atoms with Crippen LogP contribution in [-0.4, -0.2) is 35.7 Å². The Morgan fingerprint density at radius 1 is 1.58 bits per heavy atom. The van der Waals surface area contributed by atoms with Gasteiger partial charge in [-0.25, -0.2) is 4.79 Å². The summed E-state index contributed by atoms with van der Waals surface area (Å²) in [4.78, 5) is 13.6. The summed E-state index contributed by atoms with van der Waals surface area (Å²) in [5, 5.41) is 20.7. The normalized spacial score (nSPS) is 18.1. The summed E-state index contributed by atoms with van der Waals surface area (Å²) in [6.07, 6.45) is 0.855. The molecule has 1 unspecified atom stereocenters. The van der Waals surface area contributed by atoms with Gasteiger partial charge in [-0.2, -0.15) is 5.26 Å². The minimum atomic E-state index is -0.113. The molecular formula is C14H17N3O2. The van der Waals surface area contributed by atoms with Crippen molar-refractivity contribution in [1.82, 2.24) is 10.2 Å².